The van der Waals surface area contributed by atoms with Crippen LogP contribution in [0.15, 0.2) is 30.3 Å². The number of hydrogen-bond acceptors (Lipinski definition) is 10. The average molecular weight is 462 g/mol. The minimum atomic E-state index is -1.52. The highest BCUT2D eigenvalue weighted by Gasteiger charge is 2.46. The molecule has 0 radical (unpaired) electrons. The van der Waals surface area contributed by atoms with E-state index in [4.69, 9.17) is 28.4 Å². The maximum absolute atomic E-state index is 10.2. The molecule has 0 amide bonds. The molecule has 0 saturated carbocycles. The van der Waals surface area contributed by atoms with Crippen molar-refractivity contribution in [3.05, 3.63) is 41.5 Å². The lowest BCUT2D eigenvalue weighted by Gasteiger charge is -2.39. The first-order valence-electron chi connectivity index (χ1n) is 10.6. The zero-order valence-electron chi connectivity index (χ0n) is 18.1. The Morgan fingerprint density at radius 3 is 2.48 bits per heavy atom. The van der Waals surface area contributed by atoms with Gasteiger partial charge in [0.25, 0.3) is 0 Å². The van der Waals surface area contributed by atoms with Crippen LogP contribution in [0.3, 0.4) is 0 Å². The Labute approximate surface area is 189 Å². The second-order valence-corrected chi connectivity index (χ2v) is 8.19. The first kappa shape index (κ1) is 22.1. The van der Waals surface area contributed by atoms with Gasteiger partial charge in [-0.2, -0.15) is 0 Å². The van der Waals surface area contributed by atoms with E-state index in [9.17, 15) is 20.4 Å². The molecule has 4 N–H and O–H groups in total. The molecule has 7 atom stereocenters. The predicted octanol–water partition coefficient (Wildman–Crippen LogP) is 0.492. The maximum Gasteiger partial charge on any atom is 0.229 e. The van der Waals surface area contributed by atoms with Crippen molar-refractivity contribution in [3.63, 3.8) is 0 Å². The van der Waals surface area contributed by atoms with Crippen LogP contribution in [0.1, 0.15) is 23.1 Å². The van der Waals surface area contributed by atoms with Gasteiger partial charge < -0.3 is 48.8 Å². The van der Waals surface area contributed by atoms with Crippen LogP contribution in [-0.2, 0) is 4.74 Å². The molecule has 3 heterocycles. The van der Waals surface area contributed by atoms with E-state index in [0.717, 1.165) is 11.1 Å². The van der Waals surface area contributed by atoms with E-state index in [0.29, 0.717) is 35.4 Å². The van der Waals surface area contributed by atoms with E-state index < -0.39 is 37.3 Å². The third kappa shape index (κ3) is 3.54. The van der Waals surface area contributed by atoms with E-state index in [1.165, 1.54) is 0 Å². The van der Waals surface area contributed by atoms with E-state index in [-0.39, 0.29) is 12.0 Å². The number of rotatable bonds is 5. The van der Waals surface area contributed by atoms with Crippen LogP contribution in [0.5, 0.6) is 28.7 Å². The van der Waals surface area contributed by atoms with Crippen molar-refractivity contribution >= 4 is 0 Å². The van der Waals surface area contributed by atoms with E-state index in [1.54, 1.807) is 32.4 Å². The minimum absolute atomic E-state index is 0.0236. The highest BCUT2D eigenvalue weighted by molar-refractivity contribution is 5.61. The fourth-order valence-corrected chi connectivity index (χ4v) is 4.58. The summed E-state index contributed by atoms with van der Waals surface area (Å²) in [6, 6.07) is 8.93. The van der Waals surface area contributed by atoms with Gasteiger partial charge in [0.2, 0.25) is 12.0 Å². The first-order valence-corrected chi connectivity index (χ1v) is 10.6. The number of methoxy groups -OCH3 is 2. The quantitative estimate of drug-likeness (QED) is 0.497. The number of aliphatic hydroxyl groups is 4. The lowest BCUT2D eigenvalue weighted by atomic mass is 9.89. The van der Waals surface area contributed by atoms with E-state index in [2.05, 4.69) is 0 Å². The molecule has 33 heavy (non-hydrogen) atoms. The topological polar surface area (TPSA) is 136 Å². The van der Waals surface area contributed by atoms with Crippen LogP contribution in [0, 0.1) is 0 Å². The van der Waals surface area contributed by atoms with Crippen molar-refractivity contribution in [1.29, 1.82) is 0 Å². The van der Waals surface area contributed by atoms with Gasteiger partial charge in [-0.25, -0.2) is 0 Å². The van der Waals surface area contributed by atoms with Crippen LogP contribution in [0.4, 0.5) is 0 Å². The van der Waals surface area contributed by atoms with Crippen molar-refractivity contribution in [2.45, 2.75) is 42.7 Å². The molecule has 0 aromatic heterocycles. The molecule has 3 aliphatic rings. The molecule has 10 heteroatoms. The maximum atomic E-state index is 10.2. The molecule has 3 aliphatic heterocycles. The van der Waals surface area contributed by atoms with Gasteiger partial charge in [0.1, 0.15) is 42.0 Å². The monoisotopic (exact) mass is 462 g/mol. The Kier molecular flexibility index (Phi) is 5.71. The standard InChI is InChI=1S/C23H26O10/c1-28-14-6-5-11-13-9-30-15-7-10(3-4-12(15)20(13)33-21(11)22(14)29-2)31-23-19(27)18(26)17(25)16(8-24)32-23/h3-7,13,16-20,23-27H,8-9H2,1-2H3. The average Bonchev–Trinajstić information content (AvgIpc) is 3.22. The van der Waals surface area contributed by atoms with Crippen LogP contribution in [0.2, 0.25) is 0 Å². The predicted molar refractivity (Wildman–Crippen MR) is 112 cm³/mol. The summed E-state index contributed by atoms with van der Waals surface area (Å²) in [4.78, 5) is 0. The van der Waals surface area contributed by atoms with Gasteiger partial charge in [-0.3, -0.25) is 0 Å². The summed E-state index contributed by atoms with van der Waals surface area (Å²) >= 11 is 0. The Bertz CT molecular complexity index is 1020. The number of aliphatic hydroxyl groups excluding tert-OH is 4. The molecule has 1 fully saturated rings. The Hall–Kier alpha value is -2.76. The van der Waals surface area contributed by atoms with Gasteiger partial charge in [-0.05, 0) is 18.2 Å². The summed E-state index contributed by atoms with van der Waals surface area (Å²) in [7, 11) is 3.14. The zero-order valence-corrected chi connectivity index (χ0v) is 18.1. The summed E-state index contributed by atoms with van der Waals surface area (Å²) in [5.74, 6) is 2.60. The molecule has 178 valence electrons. The Balaban J connectivity index is 1.38. The summed E-state index contributed by atoms with van der Waals surface area (Å²) in [5.41, 5.74) is 1.80. The molecule has 0 spiro atoms. The molecule has 10 nitrogen and oxygen atoms in total. The highest BCUT2D eigenvalue weighted by atomic mass is 16.7. The van der Waals surface area contributed by atoms with Crippen molar-refractivity contribution in [1.82, 2.24) is 0 Å². The van der Waals surface area contributed by atoms with Crippen molar-refractivity contribution in [3.8, 4) is 28.7 Å². The molecule has 0 bridgehead atoms. The largest absolute Gasteiger partial charge is 0.493 e. The Morgan fingerprint density at radius 1 is 0.970 bits per heavy atom. The van der Waals surface area contributed by atoms with Gasteiger partial charge >= 0.3 is 0 Å². The Morgan fingerprint density at radius 2 is 1.76 bits per heavy atom. The van der Waals surface area contributed by atoms with Gasteiger partial charge in [0.15, 0.2) is 11.5 Å². The number of hydrogen-bond donors (Lipinski definition) is 4. The SMILES string of the molecule is COc1ccc2c(c1OC)OC1c3ccc(OC4OC(CO)C(O)C(O)C4O)cc3OCC21. The van der Waals surface area contributed by atoms with Gasteiger partial charge in [-0.1, -0.05) is 6.07 Å². The summed E-state index contributed by atoms with van der Waals surface area (Å²) in [5, 5.41) is 39.5. The van der Waals surface area contributed by atoms with E-state index >= 15 is 0 Å². The van der Waals surface area contributed by atoms with Crippen LogP contribution in [0.25, 0.3) is 0 Å². The summed E-state index contributed by atoms with van der Waals surface area (Å²) in [6.07, 6.45) is -7.09. The molecule has 7 unspecified atom stereocenters. The van der Waals surface area contributed by atoms with Crippen LogP contribution in [-0.4, -0.2) is 78.6 Å². The minimum Gasteiger partial charge on any atom is -0.493 e. The normalized spacial score (nSPS) is 32.0. The lowest BCUT2D eigenvalue weighted by molar-refractivity contribution is -0.277. The van der Waals surface area contributed by atoms with Gasteiger partial charge in [0.05, 0.1) is 33.4 Å². The molecular weight excluding hydrogens is 436 g/mol. The third-order valence-electron chi connectivity index (χ3n) is 6.35. The smallest absolute Gasteiger partial charge is 0.229 e. The van der Waals surface area contributed by atoms with Crippen molar-refractivity contribution in [2.75, 3.05) is 27.4 Å². The van der Waals surface area contributed by atoms with Gasteiger partial charge in [-0.15, -0.1) is 0 Å². The second kappa shape index (κ2) is 8.54. The number of ether oxygens (including phenoxy) is 6. The van der Waals surface area contributed by atoms with Crippen LogP contribution < -0.4 is 23.7 Å². The third-order valence-corrected chi connectivity index (χ3v) is 6.35. The number of fused-ring (bicyclic) bond motifs is 5. The second-order valence-electron chi connectivity index (χ2n) is 8.19. The zero-order chi connectivity index (χ0) is 23.3. The van der Waals surface area contributed by atoms with Crippen molar-refractivity contribution in [2.24, 2.45) is 0 Å². The molecular formula is C23H26O10. The highest BCUT2D eigenvalue weighted by Crippen LogP contribution is 2.56. The molecule has 0 aliphatic carbocycles. The lowest BCUT2D eigenvalue weighted by Crippen LogP contribution is -2.60. The van der Waals surface area contributed by atoms with Gasteiger partial charge in [0, 0.05) is 17.2 Å². The molecule has 2 aromatic rings. The van der Waals surface area contributed by atoms with Crippen LogP contribution >= 0.6 is 0 Å². The van der Waals surface area contributed by atoms with Crippen molar-refractivity contribution < 1.29 is 48.8 Å². The van der Waals surface area contributed by atoms with E-state index in [1.807, 2.05) is 12.1 Å². The molecule has 1 saturated heterocycles. The molecule has 5 rings (SSSR count). The molecule has 2 aromatic carbocycles. The fraction of sp³-hybridized carbons (Fsp3) is 0.478. The first-order chi connectivity index (χ1) is 16.0. The number of benzene rings is 2. The summed E-state index contributed by atoms with van der Waals surface area (Å²) < 4.78 is 34.3. The fourth-order valence-electron chi connectivity index (χ4n) is 4.58. The summed E-state index contributed by atoms with van der Waals surface area (Å²) in [6.45, 7) is -0.156.